The molecule has 2 aromatic heterocycles. The first-order valence-corrected chi connectivity index (χ1v) is 6.98. The Bertz CT molecular complexity index is 540. The molecule has 19 heavy (non-hydrogen) atoms. The molecule has 0 aliphatic rings. The number of nitrogens with zero attached hydrogens (tertiary/aromatic N) is 3. The zero-order valence-electron chi connectivity index (χ0n) is 10.7. The zero-order valence-corrected chi connectivity index (χ0v) is 11.4. The summed E-state index contributed by atoms with van der Waals surface area (Å²) in [6.07, 6.45) is 10.8. The average molecular weight is 281 g/mol. The molecule has 2 heterocycles. The van der Waals surface area contributed by atoms with Crippen LogP contribution in [0.3, 0.4) is 0 Å². The van der Waals surface area contributed by atoms with Gasteiger partial charge in [0.25, 0.3) is 5.91 Å². The van der Waals surface area contributed by atoms with Crippen LogP contribution < -0.4 is 5.32 Å². The highest BCUT2D eigenvalue weighted by molar-refractivity contribution is 6.17. The van der Waals surface area contributed by atoms with E-state index < -0.39 is 0 Å². The van der Waals surface area contributed by atoms with Crippen LogP contribution in [0.5, 0.6) is 0 Å². The maximum Gasteiger partial charge on any atom is 0.255 e. The molecular weight excluding hydrogens is 264 g/mol. The number of unbranched alkanes of at least 4 members (excludes halogenated alkanes) is 3. The first-order chi connectivity index (χ1) is 9.33. The van der Waals surface area contributed by atoms with Crippen LogP contribution in [0.2, 0.25) is 0 Å². The lowest BCUT2D eigenvalue weighted by Gasteiger charge is -2.03. The smallest absolute Gasteiger partial charge is 0.255 e. The van der Waals surface area contributed by atoms with E-state index in [9.17, 15) is 4.79 Å². The molecule has 0 radical (unpaired) electrons. The van der Waals surface area contributed by atoms with Gasteiger partial charge in [-0.1, -0.05) is 12.8 Å². The lowest BCUT2D eigenvalue weighted by atomic mass is 10.2. The Kier molecular flexibility index (Phi) is 5.15. The Morgan fingerprint density at radius 3 is 2.95 bits per heavy atom. The van der Waals surface area contributed by atoms with Crippen molar-refractivity contribution in [2.24, 2.45) is 0 Å². The zero-order chi connectivity index (χ0) is 13.5. The molecule has 0 bridgehead atoms. The van der Waals surface area contributed by atoms with E-state index >= 15 is 0 Å². The molecule has 0 fully saturated rings. The second-order valence-corrected chi connectivity index (χ2v) is 4.70. The molecule has 0 unspecified atom stereocenters. The van der Waals surface area contributed by atoms with Crippen molar-refractivity contribution in [2.75, 3.05) is 12.4 Å². The number of hydrogen-bond donors (Lipinski definition) is 1. The molecule has 0 saturated heterocycles. The molecule has 5 nitrogen and oxygen atoms in total. The molecule has 0 aliphatic carbocycles. The molecule has 1 amide bonds. The number of nitrogens with one attached hydrogen (secondary N) is 1. The maximum absolute atomic E-state index is 12.0. The lowest BCUT2D eigenvalue weighted by Crippen LogP contribution is -2.24. The van der Waals surface area contributed by atoms with E-state index in [4.69, 9.17) is 11.6 Å². The summed E-state index contributed by atoms with van der Waals surface area (Å²) in [6.45, 7) is 0.679. The third kappa shape index (κ3) is 3.67. The third-order valence-corrected chi connectivity index (χ3v) is 3.18. The summed E-state index contributed by atoms with van der Waals surface area (Å²) in [5, 5.41) is 7.01. The second-order valence-electron chi connectivity index (χ2n) is 4.32. The van der Waals surface area contributed by atoms with Gasteiger partial charge in [0.05, 0.1) is 23.5 Å². The minimum absolute atomic E-state index is 0.0969. The lowest BCUT2D eigenvalue weighted by molar-refractivity contribution is 0.0954. The number of halogens is 1. The molecule has 0 saturated carbocycles. The molecule has 0 aliphatic heterocycles. The Balaban J connectivity index is 1.83. The largest absolute Gasteiger partial charge is 0.352 e. The van der Waals surface area contributed by atoms with Crippen LogP contribution in [-0.2, 0) is 0 Å². The highest BCUT2D eigenvalue weighted by Gasteiger charge is 2.11. The van der Waals surface area contributed by atoms with Crippen molar-refractivity contribution in [2.45, 2.75) is 25.7 Å². The molecule has 0 atom stereocenters. The van der Waals surface area contributed by atoms with Crippen LogP contribution in [-0.4, -0.2) is 32.9 Å². The number of hydrogen-bond acceptors (Lipinski definition) is 3. The number of alkyl halides is 1. The molecule has 0 spiro atoms. The molecule has 2 rings (SSSR count). The van der Waals surface area contributed by atoms with Crippen molar-refractivity contribution in [3.8, 4) is 0 Å². The van der Waals surface area contributed by atoms with Crippen LogP contribution in [0.1, 0.15) is 36.0 Å². The summed E-state index contributed by atoms with van der Waals surface area (Å²) in [5.41, 5.74) is 1.29. The molecule has 0 aromatic carbocycles. The van der Waals surface area contributed by atoms with Gasteiger partial charge in [0.2, 0.25) is 0 Å². The number of fused-ring (bicyclic) bond motifs is 1. The monoisotopic (exact) mass is 280 g/mol. The summed E-state index contributed by atoms with van der Waals surface area (Å²) in [5.74, 6) is 0.613. The molecule has 6 heteroatoms. The first-order valence-electron chi connectivity index (χ1n) is 6.44. The highest BCUT2D eigenvalue weighted by Crippen LogP contribution is 2.08. The highest BCUT2D eigenvalue weighted by atomic mass is 35.5. The quantitative estimate of drug-likeness (QED) is 0.625. The van der Waals surface area contributed by atoms with E-state index in [1.54, 1.807) is 29.3 Å². The van der Waals surface area contributed by atoms with Crippen LogP contribution >= 0.6 is 11.6 Å². The van der Waals surface area contributed by atoms with Crippen molar-refractivity contribution in [1.29, 1.82) is 0 Å². The van der Waals surface area contributed by atoms with Crippen molar-refractivity contribution < 1.29 is 4.79 Å². The van der Waals surface area contributed by atoms with Crippen molar-refractivity contribution in [3.05, 3.63) is 30.4 Å². The van der Waals surface area contributed by atoms with Gasteiger partial charge in [-0.05, 0) is 12.8 Å². The topological polar surface area (TPSA) is 59.3 Å². The summed E-state index contributed by atoms with van der Waals surface area (Å²) in [6, 6.07) is 0. The van der Waals surface area contributed by atoms with E-state index in [0.29, 0.717) is 18.0 Å². The van der Waals surface area contributed by atoms with E-state index in [0.717, 1.165) is 31.2 Å². The normalized spacial score (nSPS) is 10.8. The van der Waals surface area contributed by atoms with E-state index in [1.165, 1.54) is 0 Å². The van der Waals surface area contributed by atoms with Crippen molar-refractivity contribution in [3.63, 3.8) is 0 Å². The Morgan fingerprint density at radius 2 is 2.11 bits per heavy atom. The standard InChI is InChI=1S/C13H17ClN4O/c14-5-3-1-2-4-6-16-13(19)11-9-17-18-8-7-15-10-12(11)18/h7-10H,1-6H2,(H,16,19). The van der Waals surface area contributed by atoms with Gasteiger partial charge in [0.1, 0.15) is 0 Å². The van der Waals surface area contributed by atoms with Gasteiger partial charge in [-0.3, -0.25) is 9.78 Å². The van der Waals surface area contributed by atoms with E-state index in [1.807, 2.05) is 0 Å². The Labute approximate surface area is 117 Å². The average Bonchev–Trinajstić information content (AvgIpc) is 2.86. The minimum atomic E-state index is -0.0969. The van der Waals surface area contributed by atoms with Crippen LogP contribution in [0.4, 0.5) is 0 Å². The SMILES string of the molecule is O=C(NCCCCCCCl)c1cnn2ccncc12. The maximum atomic E-state index is 12.0. The molecule has 102 valence electrons. The molecular formula is C13H17ClN4O. The summed E-state index contributed by atoms with van der Waals surface area (Å²) in [4.78, 5) is 16.0. The van der Waals surface area contributed by atoms with E-state index in [-0.39, 0.29) is 5.91 Å². The Morgan fingerprint density at radius 1 is 1.26 bits per heavy atom. The second kappa shape index (κ2) is 7.09. The molecule has 1 N–H and O–H groups in total. The fraction of sp³-hybridized carbons (Fsp3) is 0.462. The van der Waals surface area contributed by atoms with Crippen LogP contribution in [0.25, 0.3) is 5.52 Å². The van der Waals surface area contributed by atoms with Gasteiger partial charge in [-0.15, -0.1) is 11.6 Å². The summed E-state index contributed by atoms with van der Waals surface area (Å²) >= 11 is 5.60. The van der Waals surface area contributed by atoms with Gasteiger partial charge in [0.15, 0.2) is 0 Å². The summed E-state index contributed by atoms with van der Waals surface area (Å²) in [7, 11) is 0. The predicted octanol–water partition coefficient (Wildman–Crippen LogP) is 2.26. The summed E-state index contributed by atoms with van der Waals surface area (Å²) < 4.78 is 1.64. The van der Waals surface area contributed by atoms with Gasteiger partial charge in [-0.2, -0.15) is 5.10 Å². The van der Waals surface area contributed by atoms with Crippen LogP contribution in [0, 0.1) is 0 Å². The van der Waals surface area contributed by atoms with Gasteiger partial charge >= 0.3 is 0 Å². The molecule has 2 aromatic rings. The number of carbonyl (C=O) groups excluding carboxylic acids is 1. The van der Waals surface area contributed by atoms with Crippen LogP contribution in [0.15, 0.2) is 24.8 Å². The number of amides is 1. The van der Waals surface area contributed by atoms with E-state index in [2.05, 4.69) is 15.4 Å². The Hall–Kier alpha value is -1.62. The van der Waals surface area contributed by atoms with Crippen molar-refractivity contribution in [1.82, 2.24) is 19.9 Å². The fourth-order valence-corrected chi connectivity index (χ4v) is 2.07. The number of aromatic nitrogens is 3. The van der Waals surface area contributed by atoms with Gasteiger partial charge in [-0.25, -0.2) is 4.52 Å². The fourth-order valence-electron chi connectivity index (χ4n) is 1.88. The number of rotatable bonds is 7. The number of carbonyl (C=O) groups is 1. The predicted molar refractivity (Wildman–Crippen MR) is 74.5 cm³/mol. The van der Waals surface area contributed by atoms with Crippen molar-refractivity contribution >= 4 is 23.0 Å². The first kappa shape index (κ1) is 13.8. The third-order valence-electron chi connectivity index (χ3n) is 2.92. The van der Waals surface area contributed by atoms with Gasteiger partial charge < -0.3 is 5.32 Å². The van der Waals surface area contributed by atoms with Gasteiger partial charge in [0, 0.05) is 24.8 Å². The minimum Gasteiger partial charge on any atom is -0.352 e.